The second-order valence-electron chi connectivity index (χ2n) is 2.88. The van der Waals surface area contributed by atoms with E-state index in [2.05, 4.69) is 6.07 Å². The predicted octanol–water partition coefficient (Wildman–Crippen LogP) is 1.40. The second-order valence-corrected chi connectivity index (χ2v) is 2.88. The Morgan fingerprint density at radius 2 is 2.25 bits per heavy atom. The van der Waals surface area contributed by atoms with Gasteiger partial charge in [-0.15, -0.1) is 0 Å². The van der Waals surface area contributed by atoms with Gasteiger partial charge in [0.1, 0.15) is 6.10 Å². The molecule has 63 valence electrons. The van der Waals surface area contributed by atoms with Gasteiger partial charge in [0, 0.05) is 0 Å². The van der Waals surface area contributed by atoms with E-state index in [1.54, 1.807) is 0 Å². The highest BCUT2D eigenvalue weighted by Crippen LogP contribution is 2.10. The minimum Gasteiger partial charge on any atom is -0.374 e. The summed E-state index contributed by atoms with van der Waals surface area (Å²) in [6, 6.07) is 10.8. The zero-order valence-electron chi connectivity index (χ0n) is 6.82. The summed E-state index contributed by atoms with van der Waals surface area (Å²) in [4.78, 5) is 0. The van der Waals surface area contributed by atoms with Crippen molar-refractivity contribution in [3.63, 3.8) is 0 Å². The van der Waals surface area contributed by atoms with Crippen LogP contribution in [-0.4, -0.2) is 19.3 Å². The number of hydrogen-bond acceptors (Lipinski definition) is 2. The highest BCUT2D eigenvalue weighted by atomic mass is 16.6. The molecule has 1 aliphatic heterocycles. The predicted molar refractivity (Wildman–Crippen MR) is 44.7 cm³/mol. The van der Waals surface area contributed by atoms with E-state index in [4.69, 9.17) is 9.47 Å². The fourth-order valence-corrected chi connectivity index (χ4v) is 0.990. The Labute approximate surface area is 72.1 Å². The van der Waals surface area contributed by atoms with E-state index in [1.807, 2.05) is 24.3 Å². The van der Waals surface area contributed by atoms with Gasteiger partial charge in [-0.3, -0.25) is 0 Å². The van der Waals surface area contributed by atoms with Crippen molar-refractivity contribution in [1.29, 1.82) is 0 Å². The summed E-state index contributed by atoms with van der Waals surface area (Å²) in [6.45, 7) is 2.26. The third kappa shape index (κ3) is 2.32. The van der Waals surface area contributed by atoms with Gasteiger partial charge >= 0.3 is 0 Å². The number of epoxide rings is 1. The maximum atomic E-state index is 5.40. The Morgan fingerprint density at radius 3 is 2.92 bits per heavy atom. The van der Waals surface area contributed by atoms with Crippen LogP contribution >= 0.6 is 0 Å². The normalized spacial score (nSPS) is 20.8. The molecule has 1 fully saturated rings. The Balaban J connectivity index is 1.72. The minimum atomic E-state index is 0.361. The quantitative estimate of drug-likeness (QED) is 0.626. The smallest absolute Gasteiger partial charge is 0.104 e. The number of rotatable bonds is 4. The van der Waals surface area contributed by atoms with Gasteiger partial charge in [0.2, 0.25) is 0 Å². The van der Waals surface area contributed by atoms with Gasteiger partial charge in [-0.05, 0) is 11.6 Å². The van der Waals surface area contributed by atoms with Gasteiger partial charge < -0.3 is 9.47 Å². The maximum absolute atomic E-state index is 5.40. The molecule has 1 saturated heterocycles. The molecule has 0 bridgehead atoms. The molecule has 0 saturated carbocycles. The lowest BCUT2D eigenvalue weighted by atomic mass is 10.2. The topological polar surface area (TPSA) is 21.8 Å². The summed E-state index contributed by atoms with van der Waals surface area (Å²) in [7, 11) is 0. The van der Waals surface area contributed by atoms with Gasteiger partial charge in [-0.25, -0.2) is 0 Å². The maximum Gasteiger partial charge on any atom is 0.104 e. The molecule has 1 aliphatic rings. The molecule has 0 aliphatic carbocycles. The van der Waals surface area contributed by atoms with Crippen LogP contribution in [0.1, 0.15) is 5.56 Å². The van der Waals surface area contributed by atoms with Crippen LogP contribution in [-0.2, 0) is 16.1 Å². The molecule has 1 aromatic rings. The molecule has 0 aromatic heterocycles. The van der Waals surface area contributed by atoms with Crippen molar-refractivity contribution in [3.8, 4) is 0 Å². The summed E-state index contributed by atoms with van der Waals surface area (Å²) >= 11 is 0. The van der Waals surface area contributed by atoms with Crippen LogP contribution in [0.5, 0.6) is 0 Å². The standard InChI is InChI=1S/C10H11O2/c1-2-4-9(5-3-1)6-11-7-10-8-12-10/h2-5,10H,6-8H2. The first-order valence-corrected chi connectivity index (χ1v) is 4.09. The fourth-order valence-electron chi connectivity index (χ4n) is 0.990. The third-order valence-electron chi connectivity index (χ3n) is 1.76. The summed E-state index contributed by atoms with van der Waals surface area (Å²) in [5, 5.41) is 0. The summed E-state index contributed by atoms with van der Waals surface area (Å²) in [5.74, 6) is 0. The van der Waals surface area contributed by atoms with Gasteiger partial charge in [-0.1, -0.05) is 24.3 Å². The van der Waals surface area contributed by atoms with Crippen molar-refractivity contribution in [3.05, 3.63) is 35.9 Å². The molecule has 1 aromatic carbocycles. The van der Waals surface area contributed by atoms with Gasteiger partial charge in [0.05, 0.1) is 19.8 Å². The second kappa shape index (κ2) is 3.70. The number of hydrogen-bond donors (Lipinski definition) is 0. The Kier molecular flexibility index (Phi) is 2.39. The monoisotopic (exact) mass is 163 g/mol. The lowest BCUT2D eigenvalue weighted by molar-refractivity contribution is 0.104. The Bertz CT molecular complexity index is 229. The minimum absolute atomic E-state index is 0.361. The van der Waals surface area contributed by atoms with Crippen molar-refractivity contribution >= 4 is 0 Å². The van der Waals surface area contributed by atoms with E-state index in [0.29, 0.717) is 12.7 Å². The summed E-state index contributed by atoms with van der Waals surface area (Å²) in [5.41, 5.74) is 1.19. The van der Waals surface area contributed by atoms with Gasteiger partial charge in [0.25, 0.3) is 0 Å². The number of ether oxygens (including phenoxy) is 2. The lowest BCUT2D eigenvalue weighted by Crippen LogP contribution is -2.00. The molecule has 12 heavy (non-hydrogen) atoms. The van der Waals surface area contributed by atoms with Crippen LogP contribution in [0.3, 0.4) is 0 Å². The van der Waals surface area contributed by atoms with Gasteiger partial charge in [0.15, 0.2) is 0 Å². The van der Waals surface area contributed by atoms with E-state index in [-0.39, 0.29) is 0 Å². The van der Waals surface area contributed by atoms with E-state index in [0.717, 1.165) is 13.2 Å². The van der Waals surface area contributed by atoms with Crippen LogP contribution < -0.4 is 0 Å². The average Bonchev–Trinajstić information content (AvgIpc) is 2.90. The molecule has 0 amide bonds. The average molecular weight is 163 g/mol. The van der Waals surface area contributed by atoms with Crippen molar-refractivity contribution in [2.24, 2.45) is 0 Å². The molecular weight excluding hydrogens is 152 g/mol. The molecular formula is C10H11O2. The van der Waals surface area contributed by atoms with E-state index in [1.165, 1.54) is 5.56 Å². The zero-order valence-corrected chi connectivity index (χ0v) is 6.82. The first-order chi connectivity index (χ1) is 5.95. The molecule has 1 atom stereocenters. The van der Waals surface area contributed by atoms with Crippen LogP contribution in [0.15, 0.2) is 24.3 Å². The zero-order chi connectivity index (χ0) is 8.23. The molecule has 0 spiro atoms. The Hall–Kier alpha value is -0.860. The summed E-state index contributed by atoms with van der Waals surface area (Å²) in [6.07, 6.45) is 0.361. The third-order valence-corrected chi connectivity index (χ3v) is 1.76. The van der Waals surface area contributed by atoms with Crippen LogP contribution in [0.25, 0.3) is 0 Å². The van der Waals surface area contributed by atoms with E-state index >= 15 is 0 Å². The molecule has 1 unspecified atom stereocenters. The van der Waals surface area contributed by atoms with Crippen LogP contribution in [0.4, 0.5) is 0 Å². The van der Waals surface area contributed by atoms with Gasteiger partial charge in [-0.2, -0.15) is 0 Å². The largest absolute Gasteiger partial charge is 0.374 e. The SMILES string of the molecule is [c]1ccc(COCC2CO2)cc1. The van der Waals surface area contributed by atoms with Crippen molar-refractivity contribution in [2.75, 3.05) is 13.2 Å². The highest BCUT2D eigenvalue weighted by Gasteiger charge is 2.21. The van der Waals surface area contributed by atoms with Crippen LogP contribution in [0, 0.1) is 6.07 Å². The highest BCUT2D eigenvalue weighted by molar-refractivity contribution is 5.12. The fraction of sp³-hybridized carbons (Fsp3) is 0.400. The van der Waals surface area contributed by atoms with Crippen molar-refractivity contribution < 1.29 is 9.47 Å². The lowest BCUT2D eigenvalue weighted by Gasteiger charge is -2.00. The Morgan fingerprint density at radius 1 is 1.50 bits per heavy atom. The van der Waals surface area contributed by atoms with E-state index in [9.17, 15) is 0 Å². The van der Waals surface area contributed by atoms with Crippen molar-refractivity contribution in [1.82, 2.24) is 0 Å². The molecule has 1 radical (unpaired) electrons. The first-order valence-electron chi connectivity index (χ1n) is 4.09. The first kappa shape index (κ1) is 7.77. The molecule has 2 nitrogen and oxygen atoms in total. The summed E-state index contributed by atoms with van der Waals surface area (Å²) < 4.78 is 10.4. The molecule has 1 heterocycles. The number of benzene rings is 1. The molecule has 2 rings (SSSR count). The van der Waals surface area contributed by atoms with Crippen molar-refractivity contribution in [2.45, 2.75) is 12.7 Å². The van der Waals surface area contributed by atoms with E-state index < -0.39 is 0 Å². The molecule has 0 N–H and O–H groups in total. The van der Waals surface area contributed by atoms with Crippen LogP contribution in [0.2, 0.25) is 0 Å². The molecule has 2 heteroatoms.